The van der Waals surface area contributed by atoms with Crippen LogP contribution in [0, 0.1) is 6.92 Å². The van der Waals surface area contributed by atoms with Crippen molar-refractivity contribution in [2.45, 2.75) is 13.3 Å². The number of aromatic amines is 1. The van der Waals surface area contributed by atoms with Crippen molar-refractivity contribution in [2.24, 2.45) is 7.05 Å². The molecule has 5 heteroatoms. The molecular weight excluding hydrogens is 290 g/mol. The molecule has 0 atom stereocenters. The molecule has 0 unspecified atom stereocenters. The summed E-state index contributed by atoms with van der Waals surface area (Å²) in [6, 6.07) is 13.1. The summed E-state index contributed by atoms with van der Waals surface area (Å²) >= 11 is 0. The second-order valence-corrected chi connectivity index (χ2v) is 5.70. The number of hydrogen-bond acceptors (Lipinski definition) is 2. The fourth-order valence-corrected chi connectivity index (χ4v) is 2.73. The Hall–Kier alpha value is -2.82. The van der Waals surface area contributed by atoms with E-state index in [0.29, 0.717) is 18.7 Å². The molecule has 0 aliphatic heterocycles. The Morgan fingerprint density at radius 3 is 2.83 bits per heavy atom. The van der Waals surface area contributed by atoms with Crippen molar-refractivity contribution in [1.29, 1.82) is 0 Å². The van der Waals surface area contributed by atoms with Crippen molar-refractivity contribution in [3.05, 3.63) is 69.8 Å². The first kappa shape index (κ1) is 15.1. The van der Waals surface area contributed by atoms with Crippen LogP contribution in [-0.4, -0.2) is 22.0 Å². The maximum atomic E-state index is 12.4. The molecule has 0 fully saturated rings. The lowest BCUT2D eigenvalue weighted by atomic mass is 10.2. The molecule has 0 spiro atoms. The maximum absolute atomic E-state index is 12.4. The number of pyridine rings is 1. The number of nitrogens with one attached hydrogen (secondary N) is 2. The normalized spacial score (nSPS) is 10.9. The molecule has 0 saturated carbocycles. The molecule has 0 bridgehead atoms. The summed E-state index contributed by atoms with van der Waals surface area (Å²) in [5, 5.41) is 3.96. The predicted molar refractivity (Wildman–Crippen MR) is 90.8 cm³/mol. The molecule has 23 heavy (non-hydrogen) atoms. The summed E-state index contributed by atoms with van der Waals surface area (Å²) in [5.74, 6) is -0.111. The Balaban J connectivity index is 1.71. The largest absolute Gasteiger partial charge is 0.350 e. The van der Waals surface area contributed by atoms with Crippen LogP contribution in [-0.2, 0) is 13.5 Å². The Morgan fingerprint density at radius 2 is 2.04 bits per heavy atom. The second kappa shape index (κ2) is 6.12. The highest BCUT2D eigenvalue weighted by Gasteiger charge is 2.12. The molecule has 0 radical (unpaired) electrons. The molecule has 3 aromatic rings. The van der Waals surface area contributed by atoms with E-state index < -0.39 is 0 Å². The van der Waals surface area contributed by atoms with Gasteiger partial charge in [-0.2, -0.15) is 0 Å². The van der Waals surface area contributed by atoms with Gasteiger partial charge >= 0.3 is 0 Å². The second-order valence-electron chi connectivity index (χ2n) is 5.70. The number of rotatable bonds is 4. The number of benzene rings is 1. The van der Waals surface area contributed by atoms with Crippen molar-refractivity contribution >= 4 is 16.8 Å². The van der Waals surface area contributed by atoms with Crippen LogP contribution in [0.4, 0.5) is 0 Å². The van der Waals surface area contributed by atoms with Crippen LogP contribution in [0.5, 0.6) is 0 Å². The zero-order valence-corrected chi connectivity index (χ0v) is 13.2. The van der Waals surface area contributed by atoms with Crippen molar-refractivity contribution < 1.29 is 4.79 Å². The van der Waals surface area contributed by atoms with Gasteiger partial charge in [0.15, 0.2) is 0 Å². The van der Waals surface area contributed by atoms with Crippen LogP contribution < -0.4 is 10.9 Å². The highest BCUT2D eigenvalue weighted by Crippen LogP contribution is 2.20. The lowest BCUT2D eigenvalue weighted by Crippen LogP contribution is -2.27. The minimum atomic E-state index is -0.127. The summed E-state index contributed by atoms with van der Waals surface area (Å²) in [5.41, 5.74) is 3.52. The molecule has 1 aromatic carbocycles. The Kier molecular flexibility index (Phi) is 4.02. The van der Waals surface area contributed by atoms with Crippen molar-refractivity contribution in [1.82, 2.24) is 14.9 Å². The lowest BCUT2D eigenvalue weighted by molar-refractivity contribution is 0.0946. The third kappa shape index (κ3) is 3.18. The van der Waals surface area contributed by atoms with Crippen LogP contribution in [0.3, 0.4) is 0 Å². The molecule has 2 aromatic heterocycles. The number of aryl methyl sites for hydroxylation is 2. The van der Waals surface area contributed by atoms with Crippen LogP contribution in [0.2, 0.25) is 0 Å². The molecule has 2 heterocycles. The van der Waals surface area contributed by atoms with Gasteiger partial charge in [0.1, 0.15) is 5.69 Å². The average molecular weight is 309 g/mol. The maximum Gasteiger partial charge on any atom is 0.267 e. The minimum Gasteiger partial charge on any atom is -0.350 e. The van der Waals surface area contributed by atoms with Gasteiger partial charge in [0.25, 0.3) is 5.91 Å². The highest BCUT2D eigenvalue weighted by atomic mass is 16.2. The summed E-state index contributed by atoms with van der Waals surface area (Å²) in [6.07, 6.45) is 0.588. The third-order valence-corrected chi connectivity index (χ3v) is 3.94. The van der Waals surface area contributed by atoms with Gasteiger partial charge in [-0.1, -0.05) is 17.7 Å². The van der Waals surface area contributed by atoms with E-state index in [0.717, 1.165) is 16.6 Å². The number of nitrogens with zero attached hydrogens (tertiary/aromatic N) is 1. The molecule has 3 rings (SSSR count). The van der Waals surface area contributed by atoms with E-state index in [1.54, 1.807) is 6.07 Å². The molecule has 2 N–H and O–H groups in total. The van der Waals surface area contributed by atoms with E-state index >= 15 is 0 Å². The highest BCUT2D eigenvalue weighted by molar-refractivity contribution is 5.98. The molecule has 0 aliphatic rings. The molecule has 118 valence electrons. The molecule has 0 saturated heterocycles. The number of H-pyrrole nitrogens is 1. The van der Waals surface area contributed by atoms with E-state index in [2.05, 4.69) is 16.4 Å². The van der Waals surface area contributed by atoms with Gasteiger partial charge in [-0.25, -0.2) is 0 Å². The number of carbonyl (C=O) groups excluding carboxylic acids is 1. The van der Waals surface area contributed by atoms with Gasteiger partial charge in [-0.15, -0.1) is 0 Å². The van der Waals surface area contributed by atoms with Gasteiger partial charge in [0.2, 0.25) is 5.56 Å². The number of carbonyl (C=O) groups is 1. The molecular formula is C18H19N3O2. The Morgan fingerprint density at radius 1 is 1.22 bits per heavy atom. The van der Waals surface area contributed by atoms with Crippen molar-refractivity contribution in [3.63, 3.8) is 0 Å². The average Bonchev–Trinajstić information content (AvgIpc) is 2.83. The van der Waals surface area contributed by atoms with Gasteiger partial charge in [-0.05, 0) is 31.2 Å². The Bertz CT molecular complexity index is 921. The van der Waals surface area contributed by atoms with Crippen molar-refractivity contribution in [2.75, 3.05) is 6.54 Å². The number of hydrogen-bond donors (Lipinski definition) is 2. The fraction of sp³-hybridized carbons (Fsp3) is 0.222. The summed E-state index contributed by atoms with van der Waals surface area (Å²) in [6.45, 7) is 2.51. The van der Waals surface area contributed by atoms with Crippen LogP contribution in [0.15, 0.2) is 47.3 Å². The third-order valence-electron chi connectivity index (χ3n) is 3.94. The summed E-state index contributed by atoms with van der Waals surface area (Å²) in [4.78, 5) is 26.4. The van der Waals surface area contributed by atoms with Crippen LogP contribution >= 0.6 is 0 Å². The minimum absolute atomic E-state index is 0.111. The quantitative estimate of drug-likeness (QED) is 0.775. The molecule has 5 nitrogen and oxygen atoms in total. The SMILES string of the molecule is Cc1ccc2c(c1)cc(C(=O)NCCc1cccc(=O)[nH]1)n2C. The van der Waals surface area contributed by atoms with E-state index in [1.807, 2.05) is 42.8 Å². The van der Waals surface area contributed by atoms with E-state index in [1.165, 1.54) is 11.6 Å². The summed E-state index contributed by atoms with van der Waals surface area (Å²) < 4.78 is 1.90. The fourth-order valence-electron chi connectivity index (χ4n) is 2.73. The van der Waals surface area contributed by atoms with Crippen LogP contribution in [0.25, 0.3) is 10.9 Å². The van der Waals surface area contributed by atoms with Gasteiger partial charge in [0.05, 0.1) is 0 Å². The first-order valence-electron chi connectivity index (χ1n) is 7.57. The van der Waals surface area contributed by atoms with Gasteiger partial charge in [-0.3, -0.25) is 9.59 Å². The van der Waals surface area contributed by atoms with E-state index in [-0.39, 0.29) is 11.5 Å². The monoisotopic (exact) mass is 309 g/mol. The zero-order valence-electron chi connectivity index (χ0n) is 13.2. The zero-order chi connectivity index (χ0) is 16.4. The number of amides is 1. The van der Waals surface area contributed by atoms with E-state index in [4.69, 9.17) is 0 Å². The summed E-state index contributed by atoms with van der Waals surface area (Å²) in [7, 11) is 1.89. The first-order valence-corrected chi connectivity index (χ1v) is 7.57. The number of fused-ring (bicyclic) bond motifs is 1. The Labute approximate surface area is 134 Å². The smallest absolute Gasteiger partial charge is 0.267 e. The van der Waals surface area contributed by atoms with Crippen LogP contribution in [0.1, 0.15) is 21.7 Å². The molecule has 1 amide bonds. The molecule has 0 aliphatic carbocycles. The number of aromatic nitrogens is 2. The standard InChI is InChI=1S/C18H19N3O2/c1-12-6-7-15-13(10-12)11-16(21(15)2)18(23)19-9-8-14-4-3-5-17(22)20-14/h3-7,10-11H,8-9H2,1-2H3,(H,19,23)(H,20,22). The topological polar surface area (TPSA) is 66.9 Å². The van der Waals surface area contributed by atoms with Gasteiger partial charge in [0, 0.05) is 42.7 Å². The van der Waals surface area contributed by atoms with Crippen molar-refractivity contribution in [3.8, 4) is 0 Å². The lowest BCUT2D eigenvalue weighted by Gasteiger charge is -2.06. The predicted octanol–water partition coefficient (Wildman–Crippen LogP) is 2.15. The van der Waals surface area contributed by atoms with Gasteiger partial charge < -0.3 is 14.9 Å². The van der Waals surface area contributed by atoms with E-state index in [9.17, 15) is 9.59 Å². The first-order chi connectivity index (χ1) is 11.0.